The number of carbonyl (C=O) groups excluding carboxylic acids is 1. The molecule has 0 saturated heterocycles. The first-order valence-corrected chi connectivity index (χ1v) is 8.49. The first-order chi connectivity index (χ1) is 12.6. The van der Waals surface area contributed by atoms with E-state index in [1.165, 1.54) is 12.1 Å². The van der Waals surface area contributed by atoms with Crippen molar-refractivity contribution < 1.29 is 9.18 Å². The molecule has 0 bridgehead atoms. The van der Waals surface area contributed by atoms with Crippen LogP contribution in [0, 0.1) is 5.82 Å². The number of hydrogen-bond donors (Lipinski definition) is 2. The van der Waals surface area contributed by atoms with E-state index < -0.39 is 5.82 Å². The molecule has 0 saturated carbocycles. The topological polar surface area (TPSA) is 54.0 Å². The standard InChI is InChI=1S/C20H17ClFN3O/c21-16-4-1-3-14(11-16)7-9-23-19-12-15(8-10-24-19)20(26)25-18-6-2-5-17(22)13-18/h1-6,8,10-13H,7,9H2,(H,23,24)(H,25,26). The second kappa shape index (κ2) is 8.45. The lowest BCUT2D eigenvalue weighted by atomic mass is 10.1. The van der Waals surface area contributed by atoms with Gasteiger partial charge in [-0.2, -0.15) is 0 Å². The second-order valence-electron chi connectivity index (χ2n) is 5.70. The largest absolute Gasteiger partial charge is 0.370 e. The van der Waals surface area contributed by atoms with Crippen molar-refractivity contribution in [1.82, 2.24) is 4.98 Å². The fraction of sp³-hybridized carbons (Fsp3) is 0.100. The first-order valence-electron chi connectivity index (χ1n) is 8.11. The second-order valence-corrected chi connectivity index (χ2v) is 6.14. The SMILES string of the molecule is O=C(Nc1cccc(F)c1)c1ccnc(NCCc2cccc(Cl)c2)c1. The van der Waals surface area contributed by atoms with Crippen molar-refractivity contribution in [3.63, 3.8) is 0 Å². The summed E-state index contributed by atoms with van der Waals surface area (Å²) in [5.74, 6) is -0.129. The highest BCUT2D eigenvalue weighted by Crippen LogP contribution is 2.14. The summed E-state index contributed by atoms with van der Waals surface area (Å²) in [6.07, 6.45) is 2.34. The molecule has 0 unspecified atom stereocenters. The molecule has 0 aliphatic rings. The van der Waals surface area contributed by atoms with Crippen LogP contribution in [-0.4, -0.2) is 17.4 Å². The van der Waals surface area contributed by atoms with Gasteiger partial charge in [-0.25, -0.2) is 9.37 Å². The molecule has 1 heterocycles. The van der Waals surface area contributed by atoms with Crippen molar-refractivity contribution in [3.05, 3.63) is 88.8 Å². The zero-order valence-corrected chi connectivity index (χ0v) is 14.6. The molecule has 0 atom stereocenters. The molecule has 2 N–H and O–H groups in total. The van der Waals surface area contributed by atoms with Gasteiger partial charge in [-0.1, -0.05) is 29.8 Å². The van der Waals surface area contributed by atoms with Crippen LogP contribution < -0.4 is 10.6 Å². The fourth-order valence-electron chi connectivity index (χ4n) is 2.47. The van der Waals surface area contributed by atoms with E-state index in [0.29, 0.717) is 28.6 Å². The fourth-order valence-corrected chi connectivity index (χ4v) is 2.68. The number of carbonyl (C=O) groups is 1. The van der Waals surface area contributed by atoms with Crippen molar-refractivity contribution in [3.8, 4) is 0 Å². The molecule has 6 heteroatoms. The molecule has 2 aromatic carbocycles. The van der Waals surface area contributed by atoms with E-state index in [9.17, 15) is 9.18 Å². The highest BCUT2D eigenvalue weighted by Gasteiger charge is 2.08. The maximum atomic E-state index is 13.2. The van der Waals surface area contributed by atoms with Crippen LogP contribution in [0.25, 0.3) is 0 Å². The molecule has 0 fully saturated rings. The molecule has 0 spiro atoms. The molecule has 3 aromatic rings. The lowest BCUT2D eigenvalue weighted by Gasteiger charge is -2.09. The zero-order valence-electron chi connectivity index (χ0n) is 13.9. The number of hydrogen-bond acceptors (Lipinski definition) is 3. The smallest absolute Gasteiger partial charge is 0.255 e. The van der Waals surface area contributed by atoms with Crippen molar-refractivity contribution in [1.29, 1.82) is 0 Å². The summed E-state index contributed by atoms with van der Waals surface area (Å²) >= 11 is 5.97. The molecule has 0 aliphatic heterocycles. The van der Waals surface area contributed by atoms with Crippen molar-refractivity contribution in [2.45, 2.75) is 6.42 Å². The van der Waals surface area contributed by atoms with Gasteiger partial charge in [-0.3, -0.25) is 4.79 Å². The van der Waals surface area contributed by atoms with Gasteiger partial charge in [0.2, 0.25) is 0 Å². The molecular weight excluding hydrogens is 353 g/mol. The predicted octanol–water partition coefficient (Wildman–Crippen LogP) is 4.78. The van der Waals surface area contributed by atoms with Gasteiger partial charge in [-0.15, -0.1) is 0 Å². The quantitative estimate of drug-likeness (QED) is 0.657. The Labute approximate surface area is 156 Å². The van der Waals surface area contributed by atoms with Gasteiger partial charge in [0.1, 0.15) is 11.6 Å². The molecule has 1 aromatic heterocycles. The van der Waals surface area contributed by atoms with Gasteiger partial charge >= 0.3 is 0 Å². The van der Waals surface area contributed by atoms with Gasteiger partial charge in [0, 0.05) is 29.0 Å². The molecule has 1 amide bonds. The number of nitrogens with one attached hydrogen (secondary N) is 2. The lowest BCUT2D eigenvalue weighted by molar-refractivity contribution is 0.102. The number of nitrogens with zero attached hydrogens (tertiary/aromatic N) is 1. The van der Waals surface area contributed by atoms with E-state index in [2.05, 4.69) is 15.6 Å². The predicted molar refractivity (Wildman–Crippen MR) is 102 cm³/mol. The maximum absolute atomic E-state index is 13.2. The number of benzene rings is 2. The average Bonchev–Trinajstić information content (AvgIpc) is 2.62. The normalized spacial score (nSPS) is 10.4. The van der Waals surface area contributed by atoms with Gasteiger partial charge in [-0.05, 0) is 54.4 Å². The number of pyridine rings is 1. The third-order valence-corrected chi connectivity index (χ3v) is 3.95. The summed E-state index contributed by atoms with van der Waals surface area (Å²) in [5, 5.41) is 6.56. The molecule has 4 nitrogen and oxygen atoms in total. The van der Waals surface area contributed by atoms with Crippen molar-refractivity contribution in [2.75, 3.05) is 17.2 Å². The van der Waals surface area contributed by atoms with Crippen LogP contribution in [0.3, 0.4) is 0 Å². The summed E-state index contributed by atoms with van der Waals surface area (Å²) in [6.45, 7) is 0.655. The Balaban J connectivity index is 1.59. The van der Waals surface area contributed by atoms with E-state index in [-0.39, 0.29) is 5.91 Å². The van der Waals surface area contributed by atoms with Crippen LogP contribution in [-0.2, 0) is 6.42 Å². The summed E-state index contributed by atoms with van der Waals surface area (Å²) in [5.41, 5.74) is 1.96. The van der Waals surface area contributed by atoms with Crippen molar-refractivity contribution >= 4 is 29.0 Å². The molecule has 0 radical (unpaired) electrons. The Hall–Kier alpha value is -2.92. The molecule has 0 aliphatic carbocycles. The Kier molecular flexibility index (Phi) is 5.81. The molecule has 132 valence electrons. The van der Waals surface area contributed by atoms with E-state index in [0.717, 1.165) is 12.0 Å². The Bertz CT molecular complexity index is 917. The minimum atomic E-state index is -0.402. The van der Waals surface area contributed by atoms with Crippen LogP contribution in [0.2, 0.25) is 5.02 Å². The Morgan fingerprint density at radius 2 is 1.92 bits per heavy atom. The minimum absolute atomic E-state index is 0.323. The van der Waals surface area contributed by atoms with Crippen molar-refractivity contribution in [2.24, 2.45) is 0 Å². The van der Waals surface area contributed by atoms with E-state index in [1.54, 1.807) is 30.5 Å². The number of anilines is 2. The molecule has 3 rings (SSSR count). The Morgan fingerprint density at radius 1 is 1.08 bits per heavy atom. The van der Waals surface area contributed by atoms with E-state index >= 15 is 0 Å². The highest BCUT2D eigenvalue weighted by molar-refractivity contribution is 6.30. The molecular formula is C20H17ClFN3O. The first kappa shape index (κ1) is 17.9. The lowest BCUT2D eigenvalue weighted by Crippen LogP contribution is -2.13. The third-order valence-electron chi connectivity index (χ3n) is 3.71. The molecule has 26 heavy (non-hydrogen) atoms. The highest BCUT2D eigenvalue weighted by atomic mass is 35.5. The van der Waals surface area contributed by atoms with Gasteiger partial charge in [0.25, 0.3) is 5.91 Å². The number of aromatic nitrogens is 1. The number of rotatable bonds is 6. The van der Waals surface area contributed by atoms with Crippen LogP contribution in [0.4, 0.5) is 15.9 Å². The summed E-state index contributed by atoms with van der Waals surface area (Å²) < 4.78 is 13.2. The van der Waals surface area contributed by atoms with E-state index in [1.807, 2.05) is 24.3 Å². The summed E-state index contributed by atoms with van der Waals surface area (Å²) in [4.78, 5) is 16.5. The van der Waals surface area contributed by atoms with Gasteiger partial charge in [0.05, 0.1) is 0 Å². The van der Waals surface area contributed by atoms with Crippen LogP contribution in [0.1, 0.15) is 15.9 Å². The zero-order chi connectivity index (χ0) is 18.4. The van der Waals surface area contributed by atoms with Crippen LogP contribution >= 0.6 is 11.6 Å². The van der Waals surface area contributed by atoms with Gasteiger partial charge in [0.15, 0.2) is 0 Å². The number of amides is 1. The summed E-state index contributed by atoms with van der Waals surface area (Å²) in [6, 6.07) is 16.7. The average molecular weight is 370 g/mol. The van der Waals surface area contributed by atoms with Gasteiger partial charge < -0.3 is 10.6 Å². The van der Waals surface area contributed by atoms with Crippen LogP contribution in [0.15, 0.2) is 66.9 Å². The Morgan fingerprint density at radius 3 is 2.73 bits per heavy atom. The number of halogens is 2. The minimum Gasteiger partial charge on any atom is -0.370 e. The van der Waals surface area contributed by atoms with E-state index in [4.69, 9.17) is 11.6 Å². The third kappa shape index (κ3) is 5.04. The monoisotopic (exact) mass is 369 g/mol. The summed E-state index contributed by atoms with van der Waals surface area (Å²) in [7, 11) is 0. The van der Waals surface area contributed by atoms with Crippen LogP contribution in [0.5, 0.6) is 0 Å². The maximum Gasteiger partial charge on any atom is 0.255 e.